The van der Waals surface area contributed by atoms with Gasteiger partial charge in [0.2, 0.25) is 0 Å². The predicted molar refractivity (Wildman–Crippen MR) is 81.5 cm³/mol. The number of hydrogen-bond acceptors (Lipinski definition) is 4. The zero-order chi connectivity index (χ0) is 13.9. The highest BCUT2D eigenvalue weighted by molar-refractivity contribution is 7.22. The van der Waals surface area contributed by atoms with E-state index >= 15 is 0 Å². The highest BCUT2D eigenvalue weighted by atomic mass is 35.5. The first kappa shape index (κ1) is 12.8. The molecule has 0 spiro atoms. The minimum Gasteiger partial charge on any atom is -0.306 e. The lowest BCUT2D eigenvalue weighted by Crippen LogP contribution is -2.19. The number of carbonyl (C=O) groups is 1. The summed E-state index contributed by atoms with van der Waals surface area (Å²) < 4.78 is 0.925. The van der Waals surface area contributed by atoms with Crippen molar-refractivity contribution in [3.05, 3.63) is 47.7 Å². The maximum Gasteiger partial charge on any atom is 0.325 e. The van der Waals surface area contributed by atoms with E-state index in [1.807, 2.05) is 12.1 Å². The van der Waals surface area contributed by atoms with Crippen LogP contribution in [0.2, 0.25) is 5.02 Å². The van der Waals surface area contributed by atoms with Crippen molar-refractivity contribution < 1.29 is 4.79 Å². The van der Waals surface area contributed by atoms with Crippen LogP contribution in [0.4, 0.5) is 15.6 Å². The Morgan fingerprint density at radius 3 is 2.95 bits per heavy atom. The second-order valence-corrected chi connectivity index (χ2v) is 5.42. The summed E-state index contributed by atoms with van der Waals surface area (Å²) >= 11 is 7.28. The summed E-state index contributed by atoms with van der Waals surface area (Å²) in [6.07, 6.45) is 3.21. The number of rotatable bonds is 2. The Morgan fingerprint density at radius 1 is 1.25 bits per heavy atom. The van der Waals surface area contributed by atoms with E-state index in [0.29, 0.717) is 15.8 Å². The van der Waals surface area contributed by atoms with Gasteiger partial charge < -0.3 is 5.32 Å². The molecule has 2 heterocycles. The largest absolute Gasteiger partial charge is 0.325 e. The van der Waals surface area contributed by atoms with E-state index in [9.17, 15) is 4.79 Å². The second kappa shape index (κ2) is 5.44. The Morgan fingerprint density at radius 2 is 2.15 bits per heavy atom. The fourth-order valence-corrected chi connectivity index (χ4v) is 2.79. The van der Waals surface area contributed by atoms with Crippen LogP contribution in [-0.2, 0) is 0 Å². The minimum absolute atomic E-state index is 0.358. The van der Waals surface area contributed by atoms with Crippen LogP contribution >= 0.6 is 22.9 Å². The van der Waals surface area contributed by atoms with Gasteiger partial charge in [0, 0.05) is 11.2 Å². The molecule has 2 N–H and O–H groups in total. The number of aromatic nitrogens is 2. The minimum atomic E-state index is -0.358. The third-order valence-electron chi connectivity index (χ3n) is 2.49. The van der Waals surface area contributed by atoms with Crippen LogP contribution in [0, 0.1) is 0 Å². The first-order chi connectivity index (χ1) is 9.70. The van der Waals surface area contributed by atoms with Gasteiger partial charge in [-0.1, -0.05) is 22.9 Å². The Labute approximate surface area is 123 Å². The molecule has 0 aliphatic heterocycles. The molecule has 3 aromatic rings. The highest BCUT2D eigenvalue weighted by Gasteiger charge is 2.08. The van der Waals surface area contributed by atoms with Gasteiger partial charge in [0.15, 0.2) is 5.13 Å². The molecule has 0 saturated carbocycles. The molecule has 0 bridgehead atoms. The fraction of sp³-hybridized carbons (Fsp3) is 0. The van der Waals surface area contributed by atoms with Crippen molar-refractivity contribution >= 4 is 50.0 Å². The van der Waals surface area contributed by atoms with E-state index in [0.717, 1.165) is 10.2 Å². The molecule has 2 amide bonds. The summed E-state index contributed by atoms with van der Waals surface area (Å²) in [5, 5.41) is 6.52. The quantitative estimate of drug-likeness (QED) is 0.752. The van der Waals surface area contributed by atoms with Crippen molar-refractivity contribution in [3.63, 3.8) is 0 Å². The molecule has 0 radical (unpaired) electrons. The Bertz CT molecular complexity index is 759. The van der Waals surface area contributed by atoms with Gasteiger partial charge in [-0.05, 0) is 30.3 Å². The second-order valence-electron chi connectivity index (χ2n) is 3.95. The molecule has 7 heteroatoms. The Balaban J connectivity index is 1.74. The van der Waals surface area contributed by atoms with E-state index in [4.69, 9.17) is 11.6 Å². The van der Waals surface area contributed by atoms with Crippen LogP contribution in [0.5, 0.6) is 0 Å². The molecule has 2 aromatic heterocycles. The number of anilines is 2. The van der Waals surface area contributed by atoms with Crippen LogP contribution < -0.4 is 10.6 Å². The Kier molecular flexibility index (Phi) is 3.49. The summed E-state index contributed by atoms with van der Waals surface area (Å²) in [5.41, 5.74) is 1.42. The van der Waals surface area contributed by atoms with Crippen molar-refractivity contribution in [1.29, 1.82) is 0 Å². The highest BCUT2D eigenvalue weighted by Crippen LogP contribution is 2.28. The van der Waals surface area contributed by atoms with Crippen molar-refractivity contribution in [2.75, 3.05) is 10.6 Å². The number of amides is 2. The molecule has 1 aromatic carbocycles. The molecule has 0 unspecified atom stereocenters. The number of thiazole rings is 1. The number of urea groups is 1. The molecule has 3 rings (SSSR count). The summed E-state index contributed by atoms with van der Waals surface area (Å²) in [4.78, 5) is 20.0. The van der Waals surface area contributed by atoms with Crippen LogP contribution in [-0.4, -0.2) is 16.0 Å². The lowest BCUT2D eigenvalue weighted by molar-refractivity contribution is 0.262. The number of benzene rings is 1. The topological polar surface area (TPSA) is 66.9 Å². The lowest BCUT2D eigenvalue weighted by Gasteiger charge is -2.03. The first-order valence-corrected chi connectivity index (χ1v) is 6.94. The smallest absolute Gasteiger partial charge is 0.306 e. The van der Waals surface area contributed by atoms with Gasteiger partial charge in [-0.3, -0.25) is 10.3 Å². The molecule has 0 saturated heterocycles. The number of nitrogens with zero attached hydrogens (tertiary/aromatic N) is 2. The van der Waals surface area contributed by atoms with E-state index in [1.54, 1.807) is 30.6 Å². The predicted octanol–water partition coefficient (Wildman–Crippen LogP) is 3.99. The monoisotopic (exact) mass is 304 g/mol. The van der Waals surface area contributed by atoms with Crippen molar-refractivity contribution in [2.45, 2.75) is 0 Å². The van der Waals surface area contributed by atoms with Crippen LogP contribution in [0.15, 0.2) is 42.7 Å². The summed E-state index contributed by atoms with van der Waals surface area (Å²) in [6.45, 7) is 0. The zero-order valence-corrected chi connectivity index (χ0v) is 11.7. The fourth-order valence-electron chi connectivity index (χ4n) is 1.65. The van der Waals surface area contributed by atoms with Gasteiger partial charge in [0.25, 0.3) is 0 Å². The lowest BCUT2D eigenvalue weighted by atomic mass is 10.3. The van der Waals surface area contributed by atoms with E-state index in [-0.39, 0.29) is 6.03 Å². The summed E-state index contributed by atoms with van der Waals surface area (Å²) in [6, 6.07) is 8.54. The van der Waals surface area contributed by atoms with Crippen LogP contribution in [0.25, 0.3) is 10.2 Å². The number of pyridine rings is 1. The Hall–Kier alpha value is -2.18. The molecule has 0 aliphatic rings. The summed E-state index contributed by atoms with van der Waals surface area (Å²) in [7, 11) is 0. The van der Waals surface area contributed by atoms with Gasteiger partial charge in [0.05, 0.1) is 22.1 Å². The third kappa shape index (κ3) is 2.87. The van der Waals surface area contributed by atoms with E-state index in [1.165, 1.54) is 11.3 Å². The number of carbonyl (C=O) groups excluding carboxylic acids is 1. The molecule has 100 valence electrons. The average Bonchev–Trinajstić information content (AvgIpc) is 2.80. The van der Waals surface area contributed by atoms with Crippen LogP contribution in [0.1, 0.15) is 0 Å². The zero-order valence-electron chi connectivity index (χ0n) is 10.1. The number of fused-ring (bicyclic) bond motifs is 1. The van der Waals surface area contributed by atoms with E-state index in [2.05, 4.69) is 20.6 Å². The van der Waals surface area contributed by atoms with Crippen LogP contribution in [0.3, 0.4) is 0 Å². The van der Waals surface area contributed by atoms with Crippen molar-refractivity contribution in [3.8, 4) is 0 Å². The van der Waals surface area contributed by atoms with Gasteiger partial charge in [-0.25, -0.2) is 9.78 Å². The molecular formula is C13H9ClN4OS. The van der Waals surface area contributed by atoms with Gasteiger partial charge >= 0.3 is 6.03 Å². The molecule has 0 fully saturated rings. The molecular weight excluding hydrogens is 296 g/mol. The van der Waals surface area contributed by atoms with Gasteiger partial charge in [-0.2, -0.15) is 0 Å². The van der Waals surface area contributed by atoms with Gasteiger partial charge in [0.1, 0.15) is 0 Å². The number of halogens is 1. The van der Waals surface area contributed by atoms with Crippen molar-refractivity contribution in [2.24, 2.45) is 0 Å². The third-order valence-corrected chi connectivity index (χ3v) is 3.66. The standard InChI is InChI=1S/C13H9ClN4OS/c14-8-3-4-10-11(6-8)20-13(17-10)18-12(19)16-9-2-1-5-15-7-9/h1-7H,(H2,16,17,18,19). The summed E-state index contributed by atoms with van der Waals surface area (Å²) in [5.74, 6) is 0. The number of nitrogens with one attached hydrogen (secondary N) is 2. The van der Waals surface area contributed by atoms with Crippen molar-refractivity contribution in [1.82, 2.24) is 9.97 Å². The van der Waals surface area contributed by atoms with Gasteiger partial charge in [-0.15, -0.1) is 0 Å². The SMILES string of the molecule is O=C(Nc1cccnc1)Nc1nc2ccc(Cl)cc2s1. The first-order valence-electron chi connectivity index (χ1n) is 5.75. The molecule has 20 heavy (non-hydrogen) atoms. The normalized spacial score (nSPS) is 10.4. The average molecular weight is 305 g/mol. The maximum atomic E-state index is 11.8. The molecule has 0 atom stereocenters. The maximum absolute atomic E-state index is 11.8. The molecule has 5 nitrogen and oxygen atoms in total. The van der Waals surface area contributed by atoms with E-state index < -0.39 is 0 Å². The number of hydrogen-bond donors (Lipinski definition) is 2. The molecule has 0 aliphatic carbocycles.